The van der Waals surface area contributed by atoms with Gasteiger partial charge in [-0.15, -0.1) is 5.10 Å². The van der Waals surface area contributed by atoms with Crippen LogP contribution in [0.3, 0.4) is 0 Å². The average Bonchev–Trinajstić information content (AvgIpc) is 3.83. The van der Waals surface area contributed by atoms with Crippen LogP contribution in [0.15, 0.2) is 67.0 Å². The van der Waals surface area contributed by atoms with Crippen molar-refractivity contribution < 1.29 is 27.8 Å². The molecule has 1 fully saturated rings. The SMILES string of the molecule is CCOCCn1c(C(=O)C2CCN(CCC(CN(C)C(=O)c3cc(-n4cnnn4)ccc3OC)c3ccc(F)c(F)c3)CC2)nc2ccccc21. The highest BCUT2D eigenvalue weighted by atomic mass is 19.2. The number of methoxy groups -OCH3 is 1. The van der Waals surface area contributed by atoms with Gasteiger partial charge in [0.05, 0.1) is 36.0 Å². The van der Waals surface area contributed by atoms with E-state index in [0.717, 1.165) is 17.1 Å². The van der Waals surface area contributed by atoms with Crippen molar-refractivity contribution in [3.05, 3.63) is 95.6 Å². The van der Waals surface area contributed by atoms with Crippen molar-refractivity contribution >= 4 is 22.7 Å². The molecule has 1 aliphatic rings. The molecule has 5 aromatic rings. The number of benzene rings is 3. The number of Topliss-reactive ketones (excluding diaryl/α,β-unsaturated/α-hetero) is 1. The first-order valence-corrected chi connectivity index (χ1v) is 17.2. The summed E-state index contributed by atoms with van der Waals surface area (Å²) in [4.78, 5) is 36.2. The molecule has 1 amide bonds. The molecule has 12 nitrogen and oxygen atoms in total. The summed E-state index contributed by atoms with van der Waals surface area (Å²) in [5, 5.41) is 11.2. The van der Waals surface area contributed by atoms with E-state index in [-0.39, 0.29) is 30.1 Å². The number of likely N-dealkylation sites (tertiary alicyclic amines) is 1. The number of rotatable bonds is 15. The molecular weight excluding hydrogens is 658 g/mol. The Balaban J connectivity index is 1.13. The van der Waals surface area contributed by atoms with Crippen molar-refractivity contribution in [2.75, 3.05) is 53.6 Å². The fourth-order valence-electron chi connectivity index (χ4n) is 6.76. The summed E-state index contributed by atoms with van der Waals surface area (Å²) < 4.78 is 42.9. The summed E-state index contributed by atoms with van der Waals surface area (Å²) in [5.74, 6) is -1.72. The topological polar surface area (TPSA) is 120 Å². The number of ether oxygens (including phenoxy) is 2. The van der Waals surface area contributed by atoms with Gasteiger partial charge in [0.25, 0.3) is 5.91 Å². The standard InChI is InChI=1S/C37H42F2N8O4/c1-4-51-20-19-46-33-8-6-5-7-32(33)41-36(46)35(48)25-13-16-45(17-14-25)18-15-27(26-9-11-30(38)31(39)21-26)23-44(2)37(49)29-22-28(10-12-34(29)50-3)47-24-40-42-43-47/h5-12,21-22,24-25,27H,4,13-20,23H2,1-3H3. The molecule has 6 rings (SSSR count). The molecule has 0 radical (unpaired) electrons. The van der Waals surface area contributed by atoms with Gasteiger partial charge in [0.15, 0.2) is 17.5 Å². The van der Waals surface area contributed by atoms with E-state index < -0.39 is 11.6 Å². The summed E-state index contributed by atoms with van der Waals surface area (Å²) in [6, 6.07) is 16.7. The van der Waals surface area contributed by atoms with E-state index in [0.29, 0.717) is 87.0 Å². The first-order chi connectivity index (χ1) is 24.8. The van der Waals surface area contributed by atoms with E-state index in [2.05, 4.69) is 20.4 Å². The maximum absolute atomic E-state index is 14.5. The van der Waals surface area contributed by atoms with E-state index in [9.17, 15) is 18.4 Å². The number of likely N-dealkylation sites (N-methyl/N-ethyl adjacent to an activating group) is 1. The van der Waals surface area contributed by atoms with Gasteiger partial charge in [-0.1, -0.05) is 18.2 Å². The Morgan fingerprint density at radius 2 is 1.82 bits per heavy atom. The second kappa shape index (κ2) is 16.3. The monoisotopic (exact) mass is 700 g/mol. The first-order valence-electron chi connectivity index (χ1n) is 17.2. The lowest BCUT2D eigenvalue weighted by Gasteiger charge is -2.33. The molecule has 14 heteroatoms. The lowest BCUT2D eigenvalue weighted by Crippen LogP contribution is -2.39. The number of carbonyl (C=O) groups is 2. The number of imidazole rings is 1. The highest BCUT2D eigenvalue weighted by molar-refractivity contribution is 5.98. The lowest BCUT2D eigenvalue weighted by atomic mass is 9.90. The minimum Gasteiger partial charge on any atom is -0.496 e. The zero-order valence-corrected chi connectivity index (χ0v) is 29.0. The van der Waals surface area contributed by atoms with Crippen LogP contribution in [-0.4, -0.2) is 105 Å². The van der Waals surface area contributed by atoms with Gasteiger partial charge in [-0.05, 0) is 104 Å². The molecule has 0 spiro atoms. The second-order valence-corrected chi connectivity index (χ2v) is 12.7. The predicted molar refractivity (Wildman–Crippen MR) is 186 cm³/mol. The van der Waals surface area contributed by atoms with Gasteiger partial charge < -0.3 is 23.8 Å². The number of hydrogen-bond donors (Lipinski definition) is 0. The first kappa shape index (κ1) is 35.7. The number of halogens is 2. The quantitative estimate of drug-likeness (QED) is 0.108. The Kier molecular flexibility index (Phi) is 11.4. The van der Waals surface area contributed by atoms with Crippen molar-refractivity contribution in [1.29, 1.82) is 0 Å². The number of carbonyl (C=O) groups excluding carboxylic acids is 2. The Bertz CT molecular complexity index is 1960. The number of hydrogen-bond acceptors (Lipinski definition) is 9. The molecule has 0 saturated carbocycles. The fraction of sp³-hybridized carbons (Fsp3) is 0.405. The molecule has 3 heterocycles. The maximum atomic E-state index is 14.5. The highest BCUT2D eigenvalue weighted by Crippen LogP contribution is 2.29. The van der Waals surface area contributed by atoms with Crippen LogP contribution in [0.1, 0.15) is 58.6 Å². The Morgan fingerprint density at radius 1 is 1.02 bits per heavy atom. The van der Waals surface area contributed by atoms with Crippen LogP contribution >= 0.6 is 0 Å². The van der Waals surface area contributed by atoms with Crippen molar-refractivity contribution in [2.45, 2.75) is 38.6 Å². The molecule has 2 aromatic heterocycles. The smallest absolute Gasteiger partial charge is 0.257 e. The zero-order chi connectivity index (χ0) is 35.9. The summed E-state index contributed by atoms with van der Waals surface area (Å²) in [6.45, 7) is 5.90. The third-order valence-electron chi connectivity index (χ3n) is 9.57. The van der Waals surface area contributed by atoms with E-state index in [1.165, 1.54) is 24.2 Å². The normalized spacial score (nSPS) is 14.5. The van der Waals surface area contributed by atoms with E-state index in [1.54, 1.807) is 36.2 Å². The molecule has 1 aliphatic heterocycles. The predicted octanol–water partition coefficient (Wildman–Crippen LogP) is 5.18. The molecule has 268 valence electrons. The van der Waals surface area contributed by atoms with Crippen LogP contribution in [-0.2, 0) is 11.3 Å². The Morgan fingerprint density at radius 3 is 2.55 bits per heavy atom. The number of nitrogens with zero attached hydrogens (tertiary/aromatic N) is 8. The Labute approximate surface area is 295 Å². The molecule has 1 saturated heterocycles. The molecule has 1 atom stereocenters. The van der Waals surface area contributed by atoms with Gasteiger partial charge in [-0.2, -0.15) is 0 Å². The van der Waals surface area contributed by atoms with Gasteiger partial charge in [-0.3, -0.25) is 9.59 Å². The summed E-state index contributed by atoms with van der Waals surface area (Å²) >= 11 is 0. The van der Waals surface area contributed by atoms with E-state index in [1.807, 2.05) is 35.8 Å². The average molecular weight is 701 g/mol. The molecule has 51 heavy (non-hydrogen) atoms. The lowest BCUT2D eigenvalue weighted by molar-refractivity contribution is 0.0776. The van der Waals surface area contributed by atoms with Gasteiger partial charge in [0.2, 0.25) is 5.78 Å². The molecule has 0 N–H and O–H groups in total. The number of ketones is 1. The summed E-state index contributed by atoms with van der Waals surface area (Å²) in [7, 11) is 3.17. The largest absolute Gasteiger partial charge is 0.496 e. The number of amides is 1. The third kappa shape index (κ3) is 8.12. The molecule has 0 aliphatic carbocycles. The van der Waals surface area contributed by atoms with Gasteiger partial charge in [0.1, 0.15) is 12.1 Å². The van der Waals surface area contributed by atoms with Crippen LogP contribution in [0.5, 0.6) is 5.75 Å². The third-order valence-corrected chi connectivity index (χ3v) is 9.57. The van der Waals surface area contributed by atoms with Crippen molar-refractivity contribution in [3.63, 3.8) is 0 Å². The number of para-hydroxylation sites is 2. The van der Waals surface area contributed by atoms with Crippen molar-refractivity contribution in [1.82, 2.24) is 39.6 Å². The van der Waals surface area contributed by atoms with Crippen LogP contribution in [0, 0.1) is 17.6 Å². The van der Waals surface area contributed by atoms with Crippen LogP contribution in [0.4, 0.5) is 8.78 Å². The van der Waals surface area contributed by atoms with E-state index in [4.69, 9.17) is 14.5 Å². The summed E-state index contributed by atoms with van der Waals surface area (Å²) in [6.07, 6.45) is 3.37. The van der Waals surface area contributed by atoms with Crippen LogP contribution in [0.2, 0.25) is 0 Å². The molecular formula is C37H42F2N8O4. The Hall–Kier alpha value is -5.08. The number of fused-ring (bicyclic) bond motifs is 1. The highest BCUT2D eigenvalue weighted by Gasteiger charge is 2.30. The van der Waals surface area contributed by atoms with Gasteiger partial charge >= 0.3 is 0 Å². The molecule has 0 bridgehead atoms. The zero-order valence-electron chi connectivity index (χ0n) is 29.0. The minimum atomic E-state index is -0.936. The number of piperidine rings is 1. The second-order valence-electron chi connectivity index (χ2n) is 12.7. The van der Waals surface area contributed by atoms with Crippen molar-refractivity contribution in [2.24, 2.45) is 5.92 Å². The van der Waals surface area contributed by atoms with Gasteiger partial charge in [0, 0.05) is 38.6 Å². The number of aromatic nitrogens is 6. The molecule has 3 aromatic carbocycles. The maximum Gasteiger partial charge on any atom is 0.257 e. The molecule has 1 unspecified atom stereocenters. The number of tetrazole rings is 1. The summed E-state index contributed by atoms with van der Waals surface area (Å²) in [5.41, 5.74) is 3.21. The minimum absolute atomic E-state index is 0.0433. The van der Waals surface area contributed by atoms with E-state index >= 15 is 0 Å². The van der Waals surface area contributed by atoms with Crippen LogP contribution in [0.25, 0.3) is 16.7 Å². The van der Waals surface area contributed by atoms with Gasteiger partial charge in [-0.25, -0.2) is 18.4 Å². The fourth-order valence-corrected chi connectivity index (χ4v) is 6.76. The van der Waals surface area contributed by atoms with Crippen molar-refractivity contribution in [3.8, 4) is 11.4 Å². The van der Waals surface area contributed by atoms with Crippen LogP contribution < -0.4 is 4.74 Å².